The lowest BCUT2D eigenvalue weighted by molar-refractivity contribution is 0.196. The van der Waals surface area contributed by atoms with E-state index in [0.29, 0.717) is 19.5 Å². The van der Waals surface area contributed by atoms with Gasteiger partial charge in [-0.2, -0.15) is 0 Å². The van der Waals surface area contributed by atoms with Gasteiger partial charge in [0.2, 0.25) is 0 Å². The number of fused-ring (bicyclic) bond motifs is 1. The first-order valence-corrected chi connectivity index (χ1v) is 6.97. The van der Waals surface area contributed by atoms with Crippen molar-refractivity contribution in [3.05, 3.63) is 36.1 Å². The molecule has 0 saturated carbocycles. The molecule has 1 saturated heterocycles. The van der Waals surface area contributed by atoms with E-state index in [1.54, 1.807) is 0 Å². The first-order chi connectivity index (χ1) is 10.1. The maximum atomic E-state index is 12.0. The van der Waals surface area contributed by atoms with Gasteiger partial charge >= 0.3 is 12.1 Å². The zero-order valence-corrected chi connectivity index (χ0v) is 11.8. The summed E-state index contributed by atoms with van der Waals surface area (Å²) in [5.74, 6) is 0.815. The summed E-state index contributed by atoms with van der Waals surface area (Å²) in [6.07, 6.45) is 0.579. The molecule has 2 heterocycles. The molecule has 0 bridgehead atoms. The molecule has 21 heavy (non-hydrogen) atoms. The summed E-state index contributed by atoms with van der Waals surface area (Å²) in [4.78, 5) is 24.5. The first kappa shape index (κ1) is 13.5. The highest BCUT2D eigenvalue weighted by Crippen LogP contribution is 2.19. The van der Waals surface area contributed by atoms with Crippen LogP contribution in [0.15, 0.2) is 34.7 Å². The van der Waals surface area contributed by atoms with Gasteiger partial charge in [0.15, 0.2) is 0 Å². The van der Waals surface area contributed by atoms with Crippen molar-refractivity contribution in [2.24, 2.45) is 0 Å². The van der Waals surface area contributed by atoms with Gasteiger partial charge in [-0.3, -0.25) is 0 Å². The highest BCUT2D eigenvalue weighted by Gasteiger charge is 2.26. The Hall–Kier alpha value is -2.50. The molecule has 3 rings (SSSR count). The van der Waals surface area contributed by atoms with Gasteiger partial charge in [-0.1, -0.05) is 18.2 Å². The van der Waals surface area contributed by atoms with Crippen LogP contribution in [-0.2, 0) is 6.42 Å². The van der Waals surface area contributed by atoms with E-state index in [9.17, 15) is 9.59 Å². The summed E-state index contributed by atoms with van der Waals surface area (Å²) in [6, 6.07) is 8.92. The number of hydrogen-bond acceptors (Lipinski definition) is 3. The second-order valence-electron chi connectivity index (χ2n) is 5.19. The van der Waals surface area contributed by atoms with E-state index in [1.807, 2.05) is 37.3 Å². The molecule has 0 aliphatic carbocycles. The Morgan fingerprint density at radius 1 is 1.48 bits per heavy atom. The van der Waals surface area contributed by atoms with Crippen LogP contribution < -0.4 is 10.6 Å². The van der Waals surface area contributed by atoms with Crippen molar-refractivity contribution in [3.63, 3.8) is 0 Å². The van der Waals surface area contributed by atoms with E-state index in [0.717, 1.165) is 16.7 Å². The number of nitrogens with one attached hydrogen (secondary N) is 2. The zero-order chi connectivity index (χ0) is 14.8. The molecule has 1 aliphatic heterocycles. The normalized spacial score (nSPS) is 16.0. The standard InChI is InChI=1S/C15H17N3O3/c1-10(17-15(20)18-7-6-16-14(18)19)8-12-9-11-4-2-3-5-13(11)21-12/h2-5,9-10H,6-8H2,1H3,(H,16,19)(H,17,20). The molecule has 2 N–H and O–H groups in total. The van der Waals surface area contributed by atoms with Gasteiger partial charge in [-0.15, -0.1) is 0 Å². The topological polar surface area (TPSA) is 74.6 Å². The second-order valence-corrected chi connectivity index (χ2v) is 5.19. The lowest BCUT2D eigenvalue weighted by Crippen LogP contribution is -2.45. The van der Waals surface area contributed by atoms with Crippen molar-refractivity contribution in [2.45, 2.75) is 19.4 Å². The van der Waals surface area contributed by atoms with E-state index >= 15 is 0 Å². The van der Waals surface area contributed by atoms with Crippen molar-refractivity contribution in [1.82, 2.24) is 15.5 Å². The van der Waals surface area contributed by atoms with Crippen molar-refractivity contribution in [1.29, 1.82) is 0 Å². The Balaban J connectivity index is 1.62. The summed E-state index contributed by atoms with van der Waals surface area (Å²) in [5, 5.41) is 6.46. The number of benzene rings is 1. The van der Waals surface area contributed by atoms with Crippen LogP contribution in [-0.4, -0.2) is 36.1 Å². The van der Waals surface area contributed by atoms with Crippen LogP contribution in [0, 0.1) is 0 Å². The lowest BCUT2D eigenvalue weighted by Gasteiger charge is -2.17. The van der Waals surface area contributed by atoms with Crippen LogP contribution in [0.4, 0.5) is 9.59 Å². The molecule has 2 aromatic rings. The van der Waals surface area contributed by atoms with Crippen LogP contribution in [0.5, 0.6) is 0 Å². The number of para-hydroxylation sites is 1. The number of rotatable bonds is 3. The summed E-state index contributed by atoms with van der Waals surface area (Å²) >= 11 is 0. The van der Waals surface area contributed by atoms with Gasteiger partial charge in [0.25, 0.3) is 0 Å². The van der Waals surface area contributed by atoms with Gasteiger partial charge in [0.1, 0.15) is 11.3 Å². The predicted molar refractivity (Wildman–Crippen MR) is 78.0 cm³/mol. The van der Waals surface area contributed by atoms with Crippen LogP contribution in [0.3, 0.4) is 0 Å². The van der Waals surface area contributed by atoms with E-state index < -0.39 is 0 Å². The second kappa shape index (κ2) is 5.47. The molecule has 6 nitrogen and oxygen atoms in total. The molecule has 1 fully saturated rings. The molecule has 0 radical (unpaired) electrons. The first-order valence-electron chi connectivity index (χ1n) is 6.97. The van der Waals surface area contributed by atoms with E-state index in [2.05, 4.69) is 10.6 Å². The van der Waals surface area contributed by atoms with Crippen molar-refractivity contribution < 1.29 is 14.0 Å². The lowest BCUT2D eigenvalue weighted by atomic mass is 10.2. The van der Waals surface area contributed by atoms with Gasteiger partial charge in [-0.05, 0) is 19.1 Å². The summed E-state index contributed by atoms with van der Waals surface area (Å²) in [7, 11) is 0. The predicted octanol–water partition coefficient (Wildman–Crippen LogP) is 2.10. The number of furan rings is 1. The van der Waals surface area contributed by atoms with Crippen LogP contribution in [0.1, 0.15) is 12.7 Å². The molecule has 4 amide bonds. The number of carbonyl (C=O) groups excluding carboxylic acids is 2. The number of nitrogens with zero attached hydrogens (tertiary/aromatic N) is 1. The van der Waals surface area contributed by atoms with Crippen molar-refractivity contribution >= 4 is 23.0 Å². The molecular formula is C15H17N3O3. The molecule has 1 aromatic heterocycles. The average molecular weight is 287 g/mol. The smallest absolute Gasteiger partial charge is 0.325 e. The maximum absolute atomic E-state index is 12.0. The fraction of sp³-hybridized carbons (Fsp3) is 0.333. The van der Waals surface area contributed by atoms with Crippen molar-refractivity contribution in [2.75, 3.05) is 13.1 Å². The minimum atomic E-state index is -0.367. The van der Waals surface area contributed by atoms with Crippen molar-refractivity contribution in [3.8, 4) is 0 Å². The molecule has 1 aromatic carbocycles. The number of hydrogen-bond donors (Lipinski definition) is 2. The Kier molecular flexibility index (Phi) is 3.51. The third kappa shape index (κ3) is 2.84. The zero-order valence-electron chi connectivity index (χ0n) is 11.8. The third-order valence-electron chi connectivity index (χ3n) is 3.46. The molecular weight excluding hydrogens is 270 g/mol. The molecule has 1 unspecified atom stereocenters. The average Bonchev–Trinajstić information content (AvgIpc) is 3.03. The fourth-order valence-corrected chi connectivity index (χ4v) is 2.44. The summed E-state index contributed by atoms with van der Waals surface area (Å²) < 4.78 is 5.72. The Bertz CT molecular complexity index is 647. The Labute approximate surface area is 122 Å². The number of carbonyl (C=O) groups is 2. The van der Waals surface area contributed by atoms with Gasteiger partial charge in [0.05, 0.1) is 0 Å². The van der Waals surface area contributed by atoms with E-state index in [4.69, 9.17) is 4.42 Å². The Morgan fingerprint density at radius 3 is 3.00 bits per heavy atom. The summed E-state index contributed by atoms with van der Waals surface area (Å²) in [6.45, 7) is 2.80. The fourth-order valence-electron chi connectivity index (χ4n) is 2.44. The van der Waals surface area contributed by atoms with E-state index in [-0.39, 0.29) is 18.1 Å². The van der Waals surface area contributed by atoms with Gasteiger partial charge in [0, 0.05) is 30.9 Å². The molecule has 1 aliphatic rings. The minimum absolute atomic E-state index is 0.119. The van der Waals surface area contributed by atoms with Crippen LogP contribution >= 0.6 is 0 Å². The largest absolute Gasteiger partial charge is 0.461 e. The van der Waals surface area contributed by atoms with E-state index in [1.165, 1.54) is 4.90 Å². The highest BCUT2D eigenvalue weighted by molar-refractivity contribution is 5.95. The molecule has 6 heteroatoms. The quantitative estimate of drug-likeness (QED) is 0.907. The molecule has 110 valence electrons. The number of urea groups is 2. The third-order valence-corrected chi connectivity index (χ3v) is 3.46. The minimum Gasteiger partial charge on any atom is -0.461 e. The monoisotopic (exact) mass is 287 g/mol. The van der Waals surface area contributed by atoms with Gasteiger partial charge < -0.3 is 15.1 Å². The molecule has 0 spiro atoms. The van der Waals surface area contributed by atoms with Crippen LogP contribution in [0.2, 0.25) is 0 Å². The number of amides is 4. The SMILES string of the molecule is CC(Cc1cc2ccccc2o1)NC(=O)N1CCNC1=O. The summed E-state index contributed by atoms with van der Waals surface area (Å²) in [5.41, 5.74) is 0.838. The maximum Gasteiger partial charge on any atom is 0.325 e. The highest BCUT2D eigenvalue weighted by atomic mass is 16.3. The molecule has 1 atom stereocenters. The Morgan fingerprint density at radius 2 is 2.29 bits per heavy atom. The van der Waals surface area contributed by atoms with Crippen LogP contribution in [0.25, 0.3) is 11.0 Å². The number of imide groups is 1. The van der Waals surface area contributed by atoms with Gasteiger partial charge in [-0.25, -0.2) is 14.5 Å².